The number of hydrogen-bond donors (Lipinski definition) is 0. The first kappa shape index (κ1) is 15.0. The standard InChI is InChI=1S/C19H17NO3/c1-14(19(22)23-13-15-7-3-2-4-8-15)20-11-16(12-21)17-9-5-6-10-18(17)20/h2-12,14H,13H2,1H3. The summed E-state index contributed by atoms with van der Waals surface area (Å²) in [5.41, 5.74) is 2.36. The summed E-state index contributed by atoms with van der Waals surface area (Å²) in [7, 11) is 0. The molecule has 4 nitrogen and oxygen atoms in total. The van der Waals surface area contributed by atoms with Gasteiger partial charge in [-0.05, 0) is 18.6 Å². The second kappa shape index (κ2) is 6.48. The van der Waals surface area contributed by atoms with Crippen molar-refractivity contribution >= 4 is 23.2 Å². The minimum absolute atomic E-state index is 0.240. The average molecular weight is 307 g/mol. The van der Waals surface area contributed by atoms with E-state index in [-0.39, 0.29) is 12.6 Å². The second-order valence-corrected chi connectivity index (χ2v) is 5.40. The Balaban J connectivity index is 1.81. The zero-order valence-corrected chi connectivity index (χ0v) is 12.8. The number of carbonyl (C=O) groups is 2. The predicted octanol–water partition coefficient (Wildman–Crippen LogP) is 3.76. The van der Waals surface area contributed by atoms with Gasteiger partial charge >= 0.3 is 5.97 Å². The SMILES string of the molecule is CC(C(=O)OCc1ccccc1)n1cc(C=O)c2ccccc21. The lowest BCUT2D eigenvalue weighted by Gasteiger charge is -2.14. The van der Waals surface area contributed by atoms with Crippen LogP contribution in [0.3, 0.4) is 0 Å². The van der Waals surface area contributed by atoms with Crippen LogP contribution in [0, 0.1) is 0 Å². The molecule has 0 amide bonds. The predicted molar refractivity (Wildman–Crippen MR) is 88.3 cm³/mol. The van der Waals surface area contributed by atoms with Gasteiger partial charge in [-0.25, -0.2) is 4.79 Å². The number of carbonyl (C=O) groups excluding carboxylic acids is 2. The third-order valence-electron chi connectivity index (χ3n) is 3.88. The van der Waals surface area contributed by atoms with E-state index in [0.29, 0.717) is 5.56 Å². The maximum absolute atomic E-state index is 12.3. The molecule has 2 aromatic carbocycles. The van der Waals surface area contributed by atoms with Gasteiger partial charge in [-0.15, -0.1) is 0 Å². The molecule has 0 saturated carbocycles. The summed E-state index contributed by atoms with van der Waals surface area (Å²) in [6.07, 6.45) is 2.51. The monoisotopic (exact) mass is 307 g/mol. The van der Waals surface area contributed by atoms with Gasteiger partial charge in [-0.3, -0.25) is 4.79 Å². The van der Waals surface area contributed by atoms with Gasteiger partial charge in [0.05, 0.1) is 0 Å². The molecule has 0 fully saturated rings. The van der Waals surface area contributed by atoms with E-state index < -0.39 is 6.04 Å². The Morgan fingerprint density at radius 1 is 1.13 bits per heavy atom. The number of ether oxygens (including phenoxy) is 1. The molecule has 0 bridgehead atoms. The van der Waals surface area contributed by atoms with Crippen LogP contribution in [0.2, 0.25) is 0 Å². The summed E-state index contributed by atoms with van der Waals surface area (Å²) in [6, 6.07) is 16.6. The number of esters is 1. The summed E-state index contributed by atoms with van der Waals surface area (Å²) in [5.74, 6) is -0.327. The van der Waals surface area contributed by atoms with Crippen LogP contribution < -0.4 is 0 Å². The van der Waals surface area contributed by atoms with Gasteiger partial charge in [0.15, 0.2) is 6.29 Å². The van der Waals surface area contributed by atoms with Gasteiger partial charge in [0, 0.05) is 22.7 Å². The van der Waals surface area contributed by atoms with Crippen LogP contribution in [0.4, 0.5) is 0 Å². The average Bonchev–Trinajstić information content (AvgIpc) is 2.98. The third-order valence-corrected chi connectivity index (χ3v) is 3.88. The number of aldehydes is 1. The van der Waals surface area contributed by atoms with Crippen LogP contribution in [0.5, 0.6) is 0 Å². The Bertz CT molecular complexity index is 836. The van der Waals surface area contributed by atoms with Crippen molar-refractivity contribution in [2.45, 2.75) is 19.6 Å². The van der Waals surface area contributed by atoms with Gasteiger partial charge < -0.3 is 9.30 Å². The minimum Gasteiger partial charge on any atom is -0.459 e. The van der Waals surface area contributed by atoms with Crippen molar-refractivity contribution in [1.29, 1.82) is 0 Å². The van der Waals surface area contributed by atoms with Crippen molar-refractivity contribution in [2.75, 3.05) is 0 Å². The highest BCUT2D eigenvalue weighted by Gasteiger charge is 2.20. The van der Waals surface area contributed by atoms with Crippen LogP contribution in [0.1, 0.15) is 28.9 Å². The summed E-state index contributed by atoms with van der Waals surface area (Å²) in [6.45, 7) is 2.01. The van der Waals surface area contributed by atoms with Crippen LogP contribution in [-0.2, 0) is 16.1 Å². The van der Waals surface area contributed by atoms with E-state index in [1.54, 1.807) is 17.7 Å². The summed E-state index contributed by atoms with van der Waals surface area (Å²) in [5, 5.41) is 0.838. The Morgan fingerprint density at radius 2 is 1.83 bits per heavy atom. The number of hydrogen-bond acceptors (Lipinski definition) is 3. The van der Waals surface area contributed by atoms with Gasteiger partial charge in [0.25, 0.3) is 0 Å². The fourth-order valence-electron chi connectivity index (χ4n) is 2.61. The maximum Gasteiger partial charge on any atom is 0.329 e. The Morgan fingerprint density at radius 3 is 2.57 bits per heavy atom. The molecule has 0 saturated heterocycles. The van der Waals surface area contributed by atoms with Crippen molar-refractivity contribution in [1.82, 2.24) is 4.57 Å². The van der Waals surface area contributed by atoms with Gasteiger partial charge in [0.1, 0.15) is 12.6 Å². The number of benzene rings is 2. The van der Waals surface area contributed by atoms with E-state index in [9.17, 15) is 9.59 Å². The van der Waals surface area contributed by atoms with Gasteiger partial charge in [0.2, 0.25) is 0 Å². The lowest BCUT2D eigenvalue weighted by Crippen LogP contribution is -2.18. The Labute approximate surface area is 134 Å². The molecule has 1 aromatic heterocycles. The van der Waals surface area contributed by atoms with Crippen molar-refractivity contribution < 1.29 is 14.3 Å². The smallest absolute Gasteiger partial charge is 0.329 e. The highest BCUT2D eigenvalue weighted by Crippen LogP contribution is 2.24. The molecule has 116 valence electrons. The molecule has 0 aliphatic carbocycles. The molecule has 0 aliphatic heterocycles. The maximum atomic E-state index is 12.3. The first-order valence-electron chi connectivity index (χ1n) is 7.46. The summed E-state index contributed by atoms with van der Waals surface area (Å²) < 4.78 is 7.17. The highest BCUT2D eigenvalue weighted by molar-refractivity contribution is 5.98. The van der Waals surface area contributed by atoms with Crippen molar-refractivity contribution in [3.63, 3.8) is 0 Å². The normalized spacial score (nSPS) is 12.0. The largest absolute Gasteiger partial charge is 0.459 e. The zero-order chi connectivity index (χ0) is 16.2. The number of nitrogens with zero attached hydrogens (tertiary/aromatic N) is 1. The minimum atomic E-state index is -0.502. The van der Waals surface area contributed by atoms with Crippen molar-refractivity contribution in [3.05, 3.63) is 71.9 Å². The van der Waals surface area contributed by atoms with Crippen LogP contribution in [0.15, 0.2) is 60.8 Å². The second-order valence-electron chi connectivity index (χ2n) is 5.40. The molecule has 1 heterocycles. The molecule has 0 N–H and O–H groups in total. The first-order chi connectivity index (χ1) is 11.2. The number of aromatic nitrogens is 1. The molecule has 3 aromatic rings. The third kappa shape index (κ3) is 3.01. The van der Waals surface area contributed by atoms with E-state index in [1.807, 2.05) is 54.6 Å². The molecule has 0 spiro atoms. The van der Waals surface area contributed by atoms with E-state index in [1.165, 1.54) is 0 Å². The number of fused-ring (bicyclic) bond motifs is 1. The molecular weight excluding hydrogens is 290 g/mol. The summed E-state index contributed by atoms with van der Waals surface area (Å²) in [4.78, 5) is 23.5. The molecule has 0 aliphatic rings. The molecule has 4 heteroatoms. The van der Waals surface area contributed by atoms with E-state index in [0.717, 1.165) is 22.8 Å². The molecular formula is C19H17NO3. The van der Waals surface area contributed by atoms with E-state index >= 15 is 0 Å². The van der Waals surface area contributed by atoms with Gasteiger partial charge in [-0.2, -0.15) is 0 Å². The topological polar surface area (TPSA) is 48.3 Å². The molecule has 3 rings (SSSR count). The number of rotatable bonds is 5. The highest BCUT2D eigenvalue weighted by atomic mass is 16.5. The fraction of sp³-hybridized carbons (Fsp3) is 0.158. The quantitative estimate of drug-likeness (QED) is 0.532. The zero-order valence-electron chi connectivity index (χ0n) is 12.8. The number of para-hydroxylation sites is 1. The lowest BCUT2D eigenvalue weighted by atomic mass is 10.2. The molecule has 0 radical (unpaired) electrons. The first-order valence-corrected chi connectivity index (χ1v) is 7.46. The fourth-order valence-corrected chi connectivity index (χ4v) is 2.61. The van der Waals surface area contributed by atoms with Crippen molar-refractivity contribution in [2.24, 2.45) is 0 Å². The lowest BCUT2D eigenvalue weighted by molar-refractivity contribution is -0.148. The Kier molecular flexibility index (Phi) is 4.24. The van der Waals surface area contributed by atoms with E-state index in [4.69, 9.17) is 4.74 Å². The van der Waals surface area contributed by atoms with Crippen LogP contribution in [0.25, 0.3) is 10.9 Å². The molecule has 23 heavy (non-hydrogen) atoms. The van der Waals surface area contributed by atoms with Crippen LogP contribution >= 0.6 is 0 Å². The van der Waals surface area contributed by atoms with Crippen molar-refractivity contribution in [3.8, 4) is 0 Å². The Hall–Kier alpha value is -2.88. The summed E-state index contributed by atoms with van der Waals surface area (Å²) >= 11 is 0. The van der Waals surface area contributed by atoms with E-state index in [2.05, 4.69) is 0 Å². The molecule has 1 unspecified atom stereocenters. The molecule has 1 atom stereocenters. The van der Waals surface area contributed by atoms with Crippen LogP contribution in [-0.4, -0.2) is 16.8 Å². The van der Waals surface area contributed by atoms with Gasteiger partial charge in [-0.1, -0.05) is 48.5 Å².